The van der Waals surface area contributed by atoms with E-state index < -0.39 is 0 Å². The van der Waals surface area contributed by atoms with Gasteiger partial charge in [0.2, 0.25) is 11.8 Å². The van der Waals surface area contributed by atoms with E-state index in [0.29, 0.717) is 15.7 Å². The first-order chi connectivity index (χ1) is 9.54. The average molecular weight is 315 g/mol. The molecule has 1 aliphatic heterocycles. The Balaban J connectivity index is 1.89. The molecule has 108 valence electrons. The van der Waals surface area contributed by atoms with Crippen LogP contribution in [0.25, 0.3) is 0 Å². The summed E-state index contributed by atoms with van der Waals surface area (Å²) in [5.41, 5.74) is 0.499. The Labute approximate surface area is 128 Å². The van der Waals surface area contributed by atoms with E-state index in [1.165, 1.54) is 0 Å². The van der Waals surface area contributed by atoms with Crippen molar-refractivity contribution in [2.24, 2.45) is 0 Å². The second-order valence-corrected chi connectivity index (χ2v) is 5.70. The molecule has 0 unspecified atom stereocenters. The van der Waals surface area contributed by atoms with Crippen molar-refractivity contribution in [3.63, 3.8) is 0 Å². The minimum atomic E-state index is -0.348. The summed E-state index contributed by atoms with van der Waals surface area (Å²) in [5.74, 6) is -0.478. The lowest BCUT2D eigenvalue weighted by Crippen LogP contribution is -2.37. The van der Waals surface area contributed by atoms with Crippen LogP contribution in [-0.2, 0) is 9.59 Å². The Hall–Kier alpha value is -1.26. The second-order valence-electron chi connectivity index (χ2n) is 4.82. The van der Waals surface area contributed by atoms with Crippen molar-refractivity contribution in [1.29, 1.82) is 0 Å². The minimum absolute atomic E-state index is 0.129. The molecule has 1 aliphatic rings. The Morgan fingerprint density at radius 1 is 1.05 bits per heavy atom. The van der Waals surface area contributed by atoms with Gasteiger partial charge in [-0.25, -0.2) is 0 Å². The number of amides is 2. The van der Waals surface area contributed by atoms with Crippen LogP contribution in [0.15, 0.2) is 18.2 Å². The predicted octanol–water partition coefficient (Wildman–Crippen LogP) is 3.33. The number of benzene rings is 1. The molecule has 6 heteroatoms. The summed E-state index contributed by atoms with van der Waals surface area (Å²) in [4.78, 5) is 25.5. The zero-order valence-electron chi connectivity index (χ0n) is 11.0. The van der Waals surface area contributed by atoms with Crippen LogP contribution in [0.4, 0.5) is 5.69 Å². The maximum atomic E-state index is 11.9. The number of carbonyl (C=O) groups excluding carboxylic acids is 2. The second kappa shape index (κ2) is 6.95. The lowest BCUT2D eigenvalue weighted by molar-refractivity contribution is -0.135. The molecule has 2 amide bonds. The molecular weight excluding hydrogens is 299 g/mol. The number of carbonyl (C=O) groups is 2. The quantitative estimate of drug-likeness (QED) is 0.870. The number of nitrogens with zero attached hydrogens (tertiary/aromatic N) is 1. The van der Waals surface area contributed by atoms with E-state index >= 15 is 0 Å². The summed E-state index contributed by atoms with van der Waals surface area (Å²) >= 11 is 11.7. The first kappa shape index (κ1) is 15.1. The van der Waals surface area contributed by atoms with Gasteiger partial charge in [-0.2, -0.15) is 0 Å². The largest absolute Gasteiger partial charge is 0.342 e. The Bertz CT molecular complexity index is 494. The lowest BCUT2D eigenvalue weighted by Gasteiger charge is -2.26. The Kier molecular flexibility index (Phi) is 5.26. The van der Waals surface area contributed by atoms with Gasteiger partial charge in [-0.15, -0.1) is 0 Å². The molecule has 0 spiro atoms. The van der Waals surface area contributed by atoms with Crippen molar-refractivity contribution in [3.05, 3.63) is 28.2 Å². The van der Waals surface area contributed by atoms with Crippen molar-refractivity contribution in [2.45, 2.75) is 25.7 Å². The van der Waals surface area contributed by atoms with Crippen LogP contribution < -0.4 is 5.32 Å². The van der Waals surface area contributed by atoms with E-state index in [4.69, 9.17) is 23.2 Å². The fourth-order valence-corrected chi connectivity index (χ4v) is 2.75. The maximum Gasteiger partial charge on any atom is 0.233 e. The minimum Gasteiger partial charge on any atom is -0.342 e. The predicted molar refractivity (Wildman–Crippen MR) is 80.1 cm³/mol. The summed E-state index contributed by atoms with van der Waals surface area (Å²) in [6.07, 6.45) is 3.02. The van der Waals surface area contributed by atoms with Gasteiger partial charge in [0.15, 0.2) is 0 Å². The summed E-state index contributed by atoms with van der Waals surface area (Å²) in [5, 5.41) is 3.52. The number of halogens is 2. The first-order valence-corrected chi connectivity index (χ1v) is 7.34. The van der Waals surface area contributed by atoms with Gasteiger partial charge >= 0.3 is 0 Å². The van der Waals surface area contributed by atoms with Crippen LogP contribution >= 0.6 is 23.2 Å². The van der Waals surface area contributed by atoms with E-state index in [1.54, 1.807) is 23.1 Å². The van der Waals surface area contributed by atoms with Gasteiger partial charge in [0.1, 0.15) is 6.42 Å². The number of rotatable bonds is 3. The molecule has 1 saturated heterocycles. The molecule has 0 bridgehead atoms. The number of nitrogens with one attached hydrogen (secondary N) is 1. The highest BCUT2D eigenvalue weighted by atomic mass is 35.5. The van der Waals surface area contributed by atoms with Crippen molar-refractivity contribution in [3.8, 4) is 0 Å². The topological polar surface area (TPSA) is 49.4 Å². The van der Waals surface area contributed by atoms with Gasteiger partial charge < -0.3 is 10.2 Å². The van der Waals surface area contributed by atoms with E-state index in [-0.39, 0.29) is 18.2 Å². The number of likely N-dealkylation sites (tertiary alicyclic amines) is 1. The van der Waals surface area contributed by atoms with Crippen LogP contribution in [-0.4, -0.2) is 29.8 Å². The number of hydrogen-bond acceptors (Lipinski definition) is 2. The molecule has 0 aromatic heterocycles. The van der Waals surface area contributed by atoms with Gasteiger partial charge in [-0.1, -0.05) is 23.2 Å². The molecule has 1 aromatic carbocycles. The highest BCUT2D eigenvalue weighted by Gasteiger charge is 2.19. The first-order valence-electron chi connectivity index (χ1n) is 6.58. The SMILES string of the molecule is O=C(CC(=O)N1CCCCC1)Nc1cc(Cl)cc(Cl)c1. The molecule has 4 nitrogen and oxygen atoms in total. The number of hydrogen-bond donors (Lipinski definition) is 1. The summed E-state index contributed by atoms with van der Waals surface area (Å²) in [6, 6.07) is 4.77. The molecule has 0 saturated carbocycles. The molecule has 0 atom stereocenters. The standard InChI is InChI=1S/C14H16Cl2N2O2/c15-10-6-11(16)8-12(7-10)17-13(19)9-14(20)18-4-2-1-3-5-18/h6-8H,1-5,9H2,(H,17,19). The molecule has 0 aliphatic carbocycles. The monoisotopic (exact) mass is 314 g/mol. The van der Waals surface area contributed by atoms with Crippen LogP contribution in [0.1, 0.15) is 25.7 Å². The van der Waals surface area contributed by atoms with E-state index in [0.717, 1.165) is 32.4 Å². The van der Waals surface area contributed by atoms with Crippen molar-refractivity contribution >= 4 is 40.7 Å². The lowest BCUT2D eigenvalue weighted by atomic mass is 10.1. The van der Waals surface area contributed by atoms with E-state index in [9.17, 15) is 9.59 Å². The fourth-order valence-electron chi connectivity index (χ4n) is 2.22. The van der Waals surface area contributed by atoms with Crippen LogP contribution in [0, 0.1) is 0 Å². The van der Waals surface area contributed by atoms with Crippen LogP contribution in [0.3, 0.4) is 0 Å². The highest BCUT2D eigenvalue weighted by Crippen LogP contribution is 2.22. The molecule has 1 aromatic rings. The average Bonchev–Trinajstić information content (AvgIpc) is 2.38. The Morgan fingerprint density at radius 2 is 1.65 bits per heavy atom. The zero-order valence-corrected chi connectivity index (χ0v) is 12.5. The Morgan fingerprint density at radius 3 is 2.25 bits per heavy atom. The summed E-state index contributed by atoms with van der Waals surface area (Å²) < 4.78 is 0. The molecule has 2 rings (SSSR count). The summed E-state index contributed by atoms with van der Waals surface area (Å²) in [7, 11) is 0. The van der Waals surface area contributed by atoms with Gasteiger partial charge in [-0.3, -0.25) is 9.59 Å². The number of piperidine rings is 1. The van der Waals surface area contributed by atoms with Crippen molar-refractivity contribution in [1.82, 2.24) is 4.90 Å². The van der Waals surface area contributed by atoms with Gasteiger partial charge in [0, 0.05) is 28.8 Å². The van der Waals surface area contributed by atoms with Gasteiger partial charge in [0.05, 0.1) is 0 Å². The van der Waals surface area contributed by atoms with E-state index in [2.05, 4.69) is 5.32 Å². The molecule has 1 N–H and O–H groups in total. The molecule has 20 heavy (non-hydrogen) atoms. The highest BCUT2D eigenvalue weighted by molar-refractivity contribution is 6.35. The molecule has 0 radical (unpaired) electrons. The number of anilines is 1. The smallest absolute Gasteiger partial charge is 0.233 e. The normalized spacial score (nSPS) is 15.0. The molecule has 1 fully saturated rings. The third-order valence-electron chi connectivity index (χ3n) is 3.17. The van der Waals surface area contributed by atoms with Crippen molar-refractivity contribution < 1.29 is 9.59 Å². The molecule has 1 heterocycles. The maximum absolute atomic E-state index is 11.9. The van der Waals surface area contributed by atoms with E-state index in [1.807, 2.05) is 0 Å². The third kappa shape index (κ3) is 4.39. The molecular formula is C14H16Cl2N2O2. The third-order valence-corrected chi connectivity index (χ3v) is 3.60. The summed E-state index contributed by atoms with van der Waals surface area (Å²) in [6.45, 7) is 1.49. The fraction of sp³-hybridized carbons (Fsp3) is 0.429. The zero-order chi connectivity index (χ0) is 14.5. The van der Waals surface area contributed by atoms with Crippen LogP contribution in [0.2, 0.25) is 10.0 Å². The van der Waals surface area contributed by atoms with Gasteiger partial charge in [0.25, 0.3) is 0 Å². The van der Waals surface area contributed by atoms with Gasteiger partial charge in [-0.05, 0) is 37.5 Å². The van der Waals surface area contributed by atoms with Crippen LogP contribution in [0.5, 0.6) is 0 Å². The van der Waals surface area contributed by atoms with Crippen molar-refractivity contribution in [2.75, 3.05) is 18.4 Å².